The summed E-state index contributed by atoms with van der Waals surface area (Å²) in [4.78, 5) is 38.3. The van der Waals surface area contributed by atoms with Crippen LogP contribution in [-0.2, 0) is 20.8 Å². The lowest BCUT2D eigenvalue weighted by Gasteiger charge is -2.18. The highest BCUT2D eigenvalue weighted by Gasteiger charge is 2.47. The number of rotatable bonds is 5. The molecule has 0 aromatic heterocycles. The van der Waals surface area contributed by atoms with Crippen LogP contribution in [0.3, 0.4) is 0 Å². The van der Waals surface area contributed by atoms with E-state index in [1.165, 1.54) is 5.56 Å². The third-order valence-electron chi connectivity index (χ3n) is 5.17. The van der Waals surface area contributed by atoms with E-state index in [1.807, 2.05) is 43.3 Å². The number of carbonyl (C=O) groups excluding carboxylic acids is 3. The first-order valence-corrected chi connectivity index (χ1v) is 8.89. The van der Waals surface area contributed by atoms with Gasteiger partial charge in [-0.25, -0.2) is 0 Å². The second-order valence-corrected chi connectivity index (χ2v) is 6.80. The molecule has 1 fully saturated rings. The van der Waals surface area contributed by atoms with Gasteiger partial charge in [-0.1, -0.05) is 43.3 Å². The number of likely N-dealkylation sites (tertiary alicyclic amines) is 1. The largest absolute Gasteiger partial charge is 0.348 e. The van der Waals surface area contributed by atoms with Crippen LogP contribution in [0.25, 0.3) is 0 Å². The van der Waals surface area contributed by atoms with Crippen molar-refractivity contribution in [3.8, 4) is 0 Å². The van der Waals surface area contributed by atoms with Crippen LogP contribution in [0.2, 0.25) is 0 Å². The molecular formula is C20H24N2O3. The number of nitrogens with one attached hydrogen (secondary N) is 1. The minimum absolute atomic E-state index is 0.171. The van der Waals surface area contributed by atoms with Crippen molar-refractivity contribution in [2.24, 2.45) is 11.8 Å². The normalized spacial score (nSPS) is 23.5. The molecule has 0 bridgehead atoms. The van der Waals surface area contributed by atoms with E-state index in [4.69, 9.17) is 0 Å². The molecule has 1 aromatic rings. The van der Waals surface area contributed by atoms with Gasteiger partial charge in [0.15, 0.2) is 0 Å². The number of allylic oxidation sites excluding steroid dienone is 2. The maximum Gasteiger partial charge on any atom is 0.240 e. The molecule has 3 atom stereocenters. The number of hydrogen-bond acceptors (Lipinski definition) is 3. The zero-order chi connectivity index (χ0) is 18.0. The van der Waals surface area contributed by atoms with E-state index < -0.39 is 0 Å². The van der Waals surface area contributed by atoms with Crippen molar-refractivity contribution in [2.45, 2.75) is 39.2 Å². The summed E-state index contributed by atoms with van der Waals surface area (Å²) in [5.41, 5.74) is 2.24. The molecule has 0 spiro atoms. The molecule has 1 heterocycles. The van der Waals surface area contributed by atoms with Crippen molar-refractivity contribution in [1.29, 1.82) is 0 Å². The Morgan fingerprint density at radius 2 is 1.68 bits per heavy atom. The number of aryl methyl sites for hydroxylation is 1. The van der Waals surface area contributed by atoms with Crippen LogP contribution < -0.4 is 5.32 Å². The summed E-state index contributed by atoms with van der Waals surface area (Å²) in [7, 11) is 0. The third kappa shape index (κ3) is 3.50. The molecule has 25 heavy (non-hydrogen) atoms. The quantitative estimate of drug-likeness (QED) is 0.661. The maximum absolute atomic E-state index is 12.4. The highest BCUT2D eigenvalue weighted by molar-refractivity contribution is 6.07. The van der Waals surface area contributed by atoms with Crippen LogP contribution >= 0.6 is 0 Å². The Hall–Kier alpha value is -2.43. The third-order valence-corrected chi connectivity index (χ3v) is 5.17. The van der Waals surface area contributed by atoms with Gasteiger partial charge >= 0.3 is 0 Å². The molecular weight excluding hydrogens is 316 g/mol. The average Bonchev–Trinajstić information content (AvgIpc) is 2.87. The van der Waals surface area contributed by atoms with Crippen LogP contribution in [-0.4, -0.2) is 29.2 Å². The monoisotopic (exact) mass is 340 g/mol. The van der Waals surface area contributed by atoms with E-state index >= 15 is 0 Å². The number of amides is 3. The number of fused-ring (bicyclic) bond motifs is 1. The summed E-state index contributed by atoms with van der Waals surface area (Å²) in [6.45, 7) is 3.80. The van der Waals surface area contributed by atoms with Crippen molar-refractivity contribution in [1.82, 2.24) is 10.2 Å². The van der Waals surface area contributed by atoms with E-state index in [1.54, 1.807) is 0 Å². The lowest BCUT2D eigenvalue weighted by Crippen LogP contribution is -2.41. The number of nitrogens with zero attached hydrogens (tertiary/aromatic N) is 1. The van der Waals surface area contributed by atoms with Gasteiger partial charge in [0.1, 0.15) is 6.54 Å². The van der Waals surface area contributed by atoms with Crippen LogP contribution in [0.5, 0.6) is 0 Å². The maximum atomic E-state index is 12.4. The summed E-state index contributed by atoms with van der Waals surface area (Å²) >= 11 is 0. The Labute approximate surface area is 148 Å². The van der Waals surface area contributed by atoms with Gasteiger partial charge in [0, 0.05) is 0 Å². The molecule has 0 radical (unpaired) electrons. The Morgan fingerprint density at radius 3 is 2.20 bits per heavy atom. The smallest absolute Gasteiger partial charge is 0.240 e. The lowest BCUT2D eigenvalue weighted by atomic mass is 9.85. The van der Waals surface area contributed by atoms with Gasteiger partial charge in [0.25, 0.3) is 0 Å². The fourth-order valence-corrected chi connectivity index (χ4v) is 3.58. The molecule has 3 unspecified atom stereocenters. The van der Waals surface area contributed by atoms with Crippen molar-refractivity contribution in [2.75, 3.05) is 6.54 Å². The molecule has 1 aromatic carbocycles. The zero-order valence-corrected chi connectivity index (χ0v) is 14.7. The molecule has 5 heteroatoms. The summed E-state index contributed by atoms with van der Waals surface area (Å²) in [6.07, 6.45) is 6.04. The second kappa shape index (κ2) is 7.21. The highest BCUT2D eigenvalue weighted by Crippen LogP contribution is 2.34. The first kappa shape index (κ1) is 17.4. The standard InChI is InChI=1S/C20H24N2O3/c1-3-14-8-10-15(11-9-14)13(2)21-18(23)12-22-19(24)16-6-4-5-7-17(16)20(22)25/h4-5,8-11,13,16-17H,3,6-7,12H2,1-2H3,(H,21,23). The van der Waals surface area contributed by atoms with E-state index in [0.29, 0.717) is 12.8 Å². The molecule has 132 valence electrons. The number of benzene rings is 1. The van der Waals surface area contributed by atoms with Crippen LogP contribution in [0.4, 0.5) is 0 Å². The Balaban J connectivity index is 1.60. The second-order valence-electron chi connectivity index (χ2n) is 6.80. The van der Waals surface area contributed by atoms with Gasteiger partial charge in [0.05, 0.1) is 17.9 Å². The van der Waals surface area contributed by atoms with Gasteiger partial charge in [0.2, 0.25) is 17.7 Å². The minimum atomic E-state index is -0.305. The molecule has 1 N–H and O–H groups in total. The Bertz CT molecular complexity index is 682. The Kier molecular flexibility index (Phi) is 5.02. The van der Waals surface area contributed by atoms with Crippen LogP contribution in [0.1, 0.15) is 43.9 Å². The van der Waals surface area contributed by atoms with Crippen molar-refractivity contribution < 1.29 is 14.4 Å². The number of carbonyl (C=O) groups is 3. The molecule has 1 aliphatic heterocycles. The fraction of sp³-hybridized carbons (Fsp3) is 0.450. The van der Waals surface area contributed by atoms with Gasteiger partial charge in [-0.3, -0.25) is 19.3 Å². The molecule has 1 saturated heterocycles. The SMILES string of the molecule is CCc1ccc(C(C)NC(=O)CN2C(=O)C3CC=CCC3C2=O)cc1. The first-order chi connectivity index (χ1) is 12.0. The Morgan fingerprint density at radius 1 is 1.12 bits per heavy atom. The number of hydrogen-bond donors (Lipinski definition) is 1. The molecule has 0 saturated carbocycles. The summed E-state index contributed by atoms with van der Waals surface area (Å²) in [5.74, 6) is -1.31. The van der Waals surface area contributed by atoms with Gasteiger partial charge in [-0.05, 0) is 37.3 Å². The van der Waals surface area contributed by atoms with E-state index in [-0.39, 0.29) is 42.1 Å². The molecule has 3 rings (SSSR count). The van der Waals surface area contributed by atoms with E-state index in [2.05, 4.69) is 12.2 Å². The summed E-state index contributed by atoms with van der Waals surface area (Å²) < 4.78 is 0. The van der Waals surface area contributed by atoms with Gasteiger partial charge in [-0.2, -0.15) is 0 Å². The van der Waals surface area contributed by atoms with Gasteiger partial charge < -0.3 is 5.32 Å². The molecule has 5 nitrogen and oxygen atoms in total. The minimum Gasteiger partial charge on any atom is -0.348 e. The van der Waals surface area contributed by atoms with Crippen molar-refractivity contribution >= 4 is 17.7 Å². The molecule has 1 aliphatic carbocycles. The van der Waals surface area contributed by atoms with Gasteiger partial charge in [-0.15, -0.1) is 0 Å². The lowest BCUT2D eigenvalue weighted by molar-refractivity contribution is -0.143. The van der Waals surface area contributed by atoms with Crippen LogP contribution in [0, 0.1) is 11.8 Å². The summed E-state index contributed by atoms with van der Waals surface area (Å²) in [5, 5.41) is 2.88. The fourth-order valence-electron chi connectivity index (χ4n) is 3.58. The highest BCUT2D eigenvalue weighted by atomic mass is 16.2. The zero-order valence-electron chi connectivity index (χ0n) is 14.7. The van der Waals surface area contributed by atoms with E-state index in [0.717, 1.165) is 16.9 Å². The predicted molar refractivity (Wildman–Crippen MR) is 94.5 cm³/mol. The predicted octanol–water partition coefficient (Wildman–Crippen LogP) is 2.38. The van der Waals surface area contributed by atoms with E-state index in [9.17, 15) is 14.4 Å². The molecule has 3 amide bonds. The van der Waals surface area contributed by atoms with Crippen molar-refractivity contribution in [3.63, 3.8) is 0 Å². The molecule has 2 aliphatic rings. The van der Waals surface area contributed by atoms with Crippen molar-refractivity contribution in [3.05, 3.63) is 47.5 Å². The first-order valence-electron chi connectivity index (χ1n) is 8.89. The average molecular weight is 340 g/mol. The topological polar surface area (TPSA) is 66.5 Å². The summed E-state index contributed by atoms with van der Waals surface area (Å²) in [6, 6.07) is 7.91. The van der Waals surface area contributed by atoms with Crippen LogP contribution in [0.15, 0.2) is 36.4 Å². The number of imide groups is 1.